The molecule has 1 fully saturated rings. The third-order valence-corrected chi connectivity index (χ3v) is 6.74. The molecule has 3 rings (SSSR count). The van der Waals surface area contributed by atoms with Crippen LogP contribution in [0.4, 0.5) is 18.9 Å². The van der Waals surface area contributed by atoms with Gasteiger partial charge in [-0.2, -0.15) is 0 Å². The fourth-order valence-electron chi connectivity index (χ4n) is 3.79. The zero-order chi connectivity index (χ0) is 23.4. The molecule has 1 unspecified atom stereocenters. The molecule has 1 saturated carbocycles. The van der Waals surface area contributed by atoms with Gasteiger partial charge in [0.2, 0.25) is 11.8 Å². The highest BCUT2D eigenvalue weighted by molar-refractivity contribution is 8.00. The molecule has 0 saturated heterocycles. The smallest absolute Gasteiger partial charge is 0.243 e. The van der Waals surface area contributed by atoms with E-state index in [1.54, 1.807) is 6.92 Å². The molecular formula is C22H27F3N4O2S. The molecular weight excluding hydrogens is 441 g/mol. The summed E-state index contributed by atoms with van der Waals surface area (Å²) in [5, 5.41) is 4.87. The van der Waals surface area contributed by atoms with Gasteiger partial charge in [0.1, 0.15) is 0 Å². The number of nitrogens with zero attached hydrogens (tertiary/aromatic N) is 2. The maximum absolute atomic E-state index is 13.7. The average molecular weight is 469 g/mol. The Labute approximate surface area is 189 Å². The van der Waals surface area contributed by atoms with E-state index in [1.807, 2.05) is 13.8 Å². The van der Waals surface area contributed by atoms with Crippen LogP contribution in [0.1, 0.15) is 56.5 Å². The Morgan fingerprint density at radius 2 is 1.84 bits per heavy atom. The van der Waals surface area contributed by atoms with Crippen LogP contribution in [0.25, 0.3) is 0 Å². The Kier molecular flexibility index (Phi) is 7.86. The van der Waals surface area contributed by atoms with Gasteiger partial charge in [-0.1, -0.05) is 31.0 Å². The van der Waals surface area contributed by atoms with E-state index in [4.69, 9.17) is 0 Å². The standard InChI is InChI=1S/C22H27F3N4O2S/c1-12-13(2)29(15-7-5-4-6-8-15)22(27-12)32-14(3)21(31)26-11-18(30)28-17-10-9-16(23)19(24)20(17)25/h9-10,14-15H,4-8,11H2,1-3H3,(H,26,31)(H,28,30). The largest absolute Gasteiger partial charge is 0.346 e. The summed E-state index contributed by atoms with van der Waals surface area (Å²) in [4.78, 5) is 29.2. The molecule has 0 spiro atoms. The van der Waals surface area contributed by atoms with Gasteiger partial charge in [0.15, 0.2) is 22.6 Å². The van der Waals surface area contributed by atoms with Crippen molar-refractivity contribution in [1.29, 1.82) is 0 Å². The van der Waals surface area contributed by atoms with Crippen molar-refractivity contribution in [2.24, 2.45) is 0 Å². The molecule has 2 amide bonds. The lowest BCUT2D eigenvalue weighted by Gasteiger charge is -2.26. The minimum Gasteiger partial charge on any atom is -0.346 e. The number of halogens is 3. The Morgan fingerprint density at radius 1 is 1.16 bits per heavy atom. The molecule has 0 bridgehead atoms. The Hall–Kier alpha value is -2.49. The number of carbonyl (C=O) groups is 2. The first-order valence-corrected chi connectivity index (χ1v) is 11.5. The van der Waals surface area contributed by atoms with Crippen LogP contribution in [-0.4, -0.2) is 33.2 Å². The van der Waals surface area contributed by atoms with Crippen molar-refractivity contribution in [3.8, 4) is 0 Å². The number of imidazole rings is 1. The molecule has 1 aromatic heterocycles. The number of aromatic nitrogens is 2. The van der Waals surface area contributed by atoms with Gasteiger partial charge in [0.05, 0.1) is 23.2 Å². The minimum atomic E-state index is -1.67. The zero-order valence-electron chi connectivity index (χ0n) is 18.3. The Balaban J connectivity index is 1.58. The second kappa shape index (κ2) is 10.4. The maximum atomic E-state index is 13.7. The summed E-state index contributed by atoms with van der Waals surface area (Å²) in [6.45, 7) is 5.27. The van der Waals surface area contributed by atoms with Crippen molar-refractivity contribution >= 4 is 29.3 Å². The van der Waals surface area contributed by atoms with Crippen LogP contribution in [0.5, 0.6) is 0 Å². The summed E-state index contributed by atoms with van der Waals surface area (Å²) in [6.07, 6.45) is 5.77. The summed E-state index contributed by atoms with van der Waals surface area (Å²) in [6, 6.07) is 2.00. The first-order chi connectivity index (χ1) is 15.2. The van der Waals surface area contributed by atoms with Crippen LogP contribution in [0, 0.1) is 31.3 Å². The summed E-state index contributed by atoms with van der Waals surface area (Å²) in [7, 11) is 0. The molecule has 0 radical (unpaired) electrons. The molecule has 174 valence electrons. The van der Waals surface area contributed by atoms with Crippen molar-refractivity contribution in [3.63, 3.8) is 0 Å². The summed E-state index contributed by atoms with van der Waals surface area (Å²) in [5.41, 5.74) is 1.53. The summed E-state index contributed by atoms with van der Waals surface area (Å²) >= 11 is 1.33. The SMILES string of the molecule is Cc1nc(SC(C)C(=O)NCC(=O)Nc2ccc(F)c(F)c2F)n(C2CCCCC2)c1C. The molecule has 0 aliphatic heterocycles. The van der Waals surface area contributed by atoms with Gasteiger partial charge in [-0.25, -0.2) is 18.2 Å². The third-order valence-electron chi connectivity index (χ3n) is 5.68. The molecule has 6 nitrogen and oxygen atoms in total. The topological polar surface area (TPSA) is 76.0 Å². The number of anilines is 1. The first kappa shape index (κ1) is 24.2. The molecule has 1 aliphatic carbocycles. The van der Waals surface area contributed by atoms with Crippen LogP contribution in [0.3, 0.4) is 0 Å². The van der Waals surface area contributed by atoms with Crippen molar-refractivity contribution in [2.75, 3.05) is 11.9 Å². The van der Waals surface area contributed by atoms with Gasteiger partial charge in [-0.05, 0) is 45.7 Å². The highest BCUT2D eigenvalue weighted by Gasteiger charge is 2.25. The number of aryl methyl sites for hydroxylation is 1. The second-order valence-electron chi connectivity index (χ2n) is 7.98. The van der Waals surface area contributed by atoms with Crippen LogP contribution in [0.2, 0.25) is 0 Å². The number of hydrogen-bond acceptors (Lipinski definition) is 4. The second-order valence-corrected chi connectivity index (χ2v) is 9.28. The number of rotatable bonds is 7. The molecule has 1 aromatic carbocycles. The molecule has 1 atom stereocenters. The quantitative estimate of drug-likeness (QED) is 0.458. The third kappa shape index (κ3) is 5.46. The average Bonchev–Trinajstić information content (AvgIpc) is 3.05. The fourth-order valence-corrected chi connectivity index (χ4v) is 4.88. The van der Waals surface area contributed by atoms with E-state index in [9.17, 15) is 22.8 Å². The number of thioether (sulfide) groups is 1. The first-order valence-electron chi connectivity index (χ1n) is 10.6. The van der Waals surface area contributed by atoms with Crippen LogP contribution < -0.4 is 10.6 Å². The lowest BCUT2D eigenvalue weighted by molar-refractivity contribution is -0.123. The van der Waals surface area contributed by atoms with E-state index in [0.29, 0.717) is 12.1 Å². The number of carbonyl (C=O) groups excluding carboxylic acids is 2. The molecule has 10 heteroatoms. The highest BCUT2D eigenvalue weighted by atomic mass is 32.2. The van der Waals surface area contributed by atoms with Crippen LogP contribution in [0.15, 0.2) is 17.3 Å². The number of amides is 2. The predicted molar refractivity (Wildman–Crippen MR) is 117 cm³/mol. The van der Waals surface area contributed by atoms with Gasteiger partial charge in [0.25, 0.3) is 0 Å². The van der Waals surface area contributed by atoms with E-state index < -0.39 is 40.8 Å². The normalized spacial score (nSPS) is 15.4. The van der Waals surface area contributed by atoms with Gasteiger partial charge >= 0.3 is 0 Å². The molecule has 1 aliphatic rings. The molecule has 2 N–H and O–H groups in total. The van der Waals surface area contributed by atoms with Gasteiger partial charge in [-0.15, -0.1) is 0 Å². The minimum absolute atomic E-state index is 0.375. The van der Waals surface area contributed by atoms with Crippen molar-refractivity contribution in [3.05, 3.63) is 41.0 Å². The van der Waals surface area contributed by atoms with Crippen molar-refractivity contribution < 1.29 is 22.8 Å². The summed E-state index contributed by atoms with van der Waals surface area (Å²) < 4.78 is 42.2. The molecule has 32 heavy (non-hydrogen) atoms. The van der Waals surface area contributed by atoms with E-state index >= 15 is 0 Å². The number of hydrogen-bond donors (Lipinski definition) is 2. The zero-order valence-corrected chi connectivity index (χ0v) is 19.1. The predicted octanol–water partition coefficient (Wildman–Crippen LogP) is 4.66. The van der Waals surface area contributed by atoms with Crippen molar-refractivity contribution in [1.82, 2.24) is 14.9 Å². The number of benzene rings is 1. The maximum Gasteiger partial charge on any atom is 0.243 e. The fraction of sp³-hybridized carbons (Fsp3) is 0.500. The highest BCUT2D eigenvalue weighted by Crippen LogP contribution is 2.35. The van der Waals surface area contributed by atoms with Crippen LogP contribution in [-0.2, 0) is 9.59 Å². The van der Waals surface area contributed by atoms with E-state index in [0.717, 1.165) is 35.5 Å². The van der Waals surface area contributed by atoms with E-state index in [-0.39, 0.29) is 5.91 Å². The number of nitrogens with one attached hydrogen (secondary N) is 2. The van der Waals surface area contributed by atoms with E-state index in [1.165, 1.54) is 31.0 Å². The lowest BCUT2D eigenvalue weighted by atomic mass is 9.95. The van der Waals surface area contributed by atoms with Gasteiger partial charge in [-0.3, -0.25) is 9.59 Å². The monoisotopic (exact) mass is 468 g/mol. The summed E-state index contributed by atoms with van der Waals surface area (Å²) in [5.74, 6) is -5.65. The van der Waals surface area contributed by atoms with Gasteiger partial charge < -0.3 is 15.2 Å². The molecule has 2 aromatic rings. The Morgan fingerprint density at radius 3 is 2.53 bits per heavy atom. The van der Waals surface area contributed by atoms with E-state index in [2.05, 4.69) is 20.2 Å². The van der Waals surface area contributed by atoms with Crippen molar-refractivity contribution in [2.45, 2.75) is 69.3 Å². The molecule has 1 heterocycles. The Bertz CT molecular complexity index is 1010. The van der Waals surface area contributed by atoms with Crippen LogP contribution >= 0.6 is 11.8 Å². The lowest BCUT2D eigenvalue weighted by Crippen LogP contribution is -2.37. The van der Waals surface area contributed by atoms with Gasteiger partial charge in [0, 0.05) is 11.7 Å².